The van der Waals surface area contributed by atoms with Crippen LogP contribution < -0.4 is 0 Å². The van der Waals surface area contributed by atoms with Crippen molar-refractivity contribution >= 4 is 23.4 Å². The second-order valence-electron chi connectivity index (χ2n) is 6.50. The quantitative estimate of drug-likeness (QED) is 0.787. The number of amides is 2. The molecular weight excluding hydrogens is 342 g/mol. The Kier molecular flexibility index (Phi) is 5.93. The van der Waals surface area contributed by atoms with Crippen molar-refractivity contribution in [2.24, 2.45) is 0 Å². The summed E-state index contributed by atoms with van der Waals surface area (Å²) in [4.78, 5) is 30.8. The minimum Gasteiger partial charge on any atom is -0.379 e. The Morgan fingerprint density at radius 1 is 1.16 bits per heavy atom. The first-order valence-corrected chi connectivity index (χ1v) is 9.06. The van der Waals surface area contributed by atoms with E-state index in [2.05, 4.69) is 4.90 Å². The molecule has 2 aliphatic rings. The van der Waals surface area contributed by atoms with Gasteiger partial charge in [0.05, 0.1) is 13.2 Å². The molecule has 1 aromatic rings. The molecule has 0 bridgehead atoms. The fourth-order valence-electron chi connectivity index (χ4n) is 3.30. The molecule has 3 rings (SSSR count). The molecule has 2 fully saturated rings. The van der Waals surface area contributed by atoms with Crippen LogP contribution in [0.3, 0.4) is 0 Å². The van der Waals surface area contributed by atoms with E-state index in [0.717, 1.165) is 38.4 Å². The van der Waals surface area contributed by atoms with Crippen LogP contribution in [0.4, 0.5) is 0 Å². The normalized spacial score (nSPS) is 22.6. The van der Waals surface area contributed by atoms with E-state index < -0.39 is 6.04 Å². The Morgan fingerprint density at radius 2 is 1.88 bits per heavy atom. The van der Waals surface area contributed by atoms with Gasteiger partial charge in [-0.1, -0.05) is 29.8 Å². The van der Waals surface area contributed by atoms with Crippen LogP contribution in [-0.4, -0.2) is 78.5 Å². The number of morpholine rings is 1. The second-order valence-corrected chi connectivity index (χ2v) is 6.91. The average molecular weight is 366 g/mol. The molecule has 136 valence electrons. The SMILES string of the molecule is C[C@H]1C(=O)N(Cc2ccccc2Cl)CC(=O)N1CCN1CCOCC1. The number of carbonyl (C=O) groups excluding carboxylic acids is 2. The van der Waals surface area contributed by atoms with Gasteiger partial charge in [0, 0.05) is 37.7 Å². The summed E-state index contributed by atoms with van der Waals surface area (Å²) in [5.41, 5.74) is 0.860. The lowest BCUT2D eigenvalue weighted by atomic mass is 10.1. The Labute approximate surface area is 153 Å². The molecule has 1 aromatic carbocycles. The second kappa shape index (κ2) is 8.17. The number of nitrogens with zero attached hydrogens (tertiary/aromatic N) is 3. The van der Waals surface area contributed by atoms with Crippen molar-refractivity contribution in [1.29, 1.82) is 0 Å². The summed E-state index contributed by atoms with van der Waals surface area (Å²) in [5, 5.41) is 0.616. The Bertz CT molecular complexity index is 634. The molecule has 2 saturated heterocycles. The summed E-state index contributed by atoms with van der Waals surface area (Å²) in [6.07, 6.45) is 0. The Hall–Kier alpha value is -1.63. The maximum Gasteiger partial charge on any atom is 0.245 e. The molecule has 6 nitrogen and oxygen atoms in total. The van der Waals surface area contributed by atoms with Crippen molar-refractivity contribution in [2.75, 3.05) is 45.9 Å². The fourth-order valence-corrected chi connectivity index (χ4v) is 3.50. The standard InChI is InChI=1S/C18H24ClN3O3/c1-14-18(24)21(12-15-4-2-3-5-16(15)19)13-17(23)22(14)7-6-20-8-10-25-11-9-20/h2-5,14H,6-13H2,1H3/t14-/m0/s1. The van der Waals surface area contributed by atoms with E-state index in [4.69, 9.17) is 16.3 Å². The monoisotopic (exact) mass is 365 g/mol. The molecule has 0 radical (unpaired) electrons. The van der Waals surface area contributed by atoms with Crippen LogP contribution in [0.1, 0.15) is 12.5 Å². The average Bonchev–Trinajstić information content (AvgIpc) is 2.62. The third kappa shape index (κ3) is 4.32. The van der Waals surface area contributed by atoms with E-state index in [1.54, 1.807) is 22.8 Å². The molecule has 0 N–H and O–H groups in total. The number of halogens is 1. The van der Waals surface area contributed by atoms with Gasteiger partial charge in [-0.2, -0.15) is 0 Å². The lowest BCUT2D eigenvalue weighted by molar-refractivity contribution is -0.155. The number of hydrogen-bond donors (Lipinski definition) is 0. The first kappa shape index (κ1) is 18.2. The number of ether oxygens (including phenoxy) is 1. The van der Waals surface area contributed by atoms with Crippen LogP contribution in [0.5, 0.6) is 0 Å². The predicted octanol–water partition coefficient (Wildman–Crippen LogP) is 1.23. The number of rotatable bonds is 5. The number of piperazine rings is 1. The molecular formula is C18H24ClN3O3. The van der Waals surface area contributed by atoms with Crippen molar-refractivity contribution in [3.63, 3.8) is 0 Å². The van der Waals surface area contributed by atoms with Gasteiger partial charge in [0.2, 0.25) is 11.8 Å². The number of hydrogen-bond acceptors (Lipinski definition) is 4. The minimum atomic E-state index is -0.440. The molecule has 1 atom stereocenters. The van der Waals surface area contributed by atoms with Crippen LogP contribution >= 0.6 is 11.6 Å². The highest BCUT2D eigenvalue weighted by Gasteiger charge is 2.36. The van der Waals surface area contributed by atoms with Crippen LogP contribution in [0.15, 0.2) is 24.3 Å². The minimum absolute atomic E-state index is 0.00702. The molecule has 0 saturated carbocycles. The summed E-state index contributed by atoms with van der Waals surface area (Å²) < 4.78 is 5.34. The zero-order valence-corrected chi connectivity index (χ0v) is 15.2. The Morgan fingerprint density at radius 3 is 2.60 bits per heavy atom. The van der Waals surface area contributed by atoms with Crippen LogP contribution in [0.25, 0.3) is 0 Å². The summed E-state index contributed by atoms with van der Waals surface area (Å²) in [6.45, 7) is 6.85. The highest BCUT2D eigenvalue weighted by atomic mass is 35.5. The van der Waals surface area contributed by atoms with Gasteiger partial charge in [-0.15, -0.1) is 0 Å². The third-order valence-corrected chi connectivity index (χ3v) is 5.23. The first-order chi connectivity index (χ1) is 12.1. The molecule has 2 heterocycles. The highest BCUT2D eigenvalue weighted by molar-refractivity contribution is 6.31. The van der Waals surface area contributed by atoms with Crippen molar-refractivity contribution < 1.29 is 14.3 Å². The van der Waals surface area contributed by atoms with E-state index in [0.29, 0.717) is 18.1 Å². The van der Waals surface area contributed by atoms with Crippen molar-refractivity contribution in [3.8, 4) is 0 Å². The van der Waals surface area contributed by atoms with E-state index in [-0.39, 0.29) is 18.4 Å². The predicted molar refractivity (Wildman–Crippen MR) is 95.3 cm³/mol. The molecule has 0 aliphatic carbocycles. The van der Waals surface area contributed by atoms with E-state index in [1.807, 2.05) is 18.2 Å². The molecule has 0 spiro atoms. The molecule has 7 heteroatoms. The van der Waals surface area contributed by atoms with Crippen LogP contribution in [-0.2, 0) is 20.9 Å². The lowest BCUT2D eigenvalue weighted by Gasteiger charge is -2.40. The lowest BCUT2D eigenvalue weighted by Crippen LogP contribution is -2.59. The van der Waals surface area contributed by atoms with Gasteiger partial charge in [0.1, 0.15) is 12.6 Å². The highest BCUT2D eigenvalue weighted by Crippen LogP contribution is 2.20. The van der Waals surface area contributed by atoms with E-state index in [9.17, 15) is 9.59 Å². The van der Waals surface area contributed by atoms with Gasteiger partial charge in [-0.3, -0.25) is 14.5 Å². The molecule has 0 aromatic heterocycles. The summed E-state index contributed by atoms with van der Waals surface area (Å²) in [6, 6.07) is 6.98. The number of benzene rings is 1. The van der Waals surface area contributed by atoms with E-state index >= 15 is 0 Å². The van der Waals surface area contributed by atoms with Gasteiger partial charge in [0.15, 0.2) is 0 Å². The van der Waals surface area contributed by atoms with Crippen molar-refractivity contribution in [3.05, 3.63) is 34.9 Å². The maximum absolute atomic E-state index is 12.7. The molecule has 25 heavy (non-hydrogen) atoms. The smallest absolute Gasteiger partial charge is 0.245 e. The van der Waals surface area contributed by atoms with Gasteiger partial charge < -0.3 is 14.5 Å². The molecule has 0 unspecified atom stereocenters. The zero-order valence-electron chi connectivity index (χ0n) is 14.5. The van der Waals surface area contributed by atoms with Gasteiger partial charge >= 0.3 is 0 Å². The third-order valence-electron chi connectivity index (χ3n) is 4.86. The largest absolute Gasteiger partial charge is 0.379 e. The number of carbonyl (C=O) groups is 2. The van der Waals surface area contributed by atoms with Gasteiger partial charge in [0.25, 0.3) is 0 Å². The summed E-state index contributed by atoms with van der Waals surface area (Å²) in [5.74, 6) is -0.0334. The zero-order chi connectivity index (χ0) is 17.8. The maximum atomic E-state index is 12.7. The first-order valence-electron chi connectivity index (χ1n) is 8.68. The molecule has 2 amide bonds. The van der Waals surface area contributed by atoms with Crippen LogP contribution in [0, 0.1) is 0 Å². The van der Waals surface area contributed by atoms with Gasteiger partial charge in [-0.25, -0.2) is 0 Å². The molecule has 2 aliphatic heterocycles. The van der Waals surface area contributed by atoms with E-state index in [1.165, 1.54) is 0 Å². The Balaban J connectivity index is 1.60. The summed E-state index contributed by atoms with van der Waals surface area (Å²) in [7, 11) is 0. The van der Waals surface area contributed by atoms with Crippen molar-refractivity contribution in [2.45, 2.75) is 19.5 Å². The van der Waals surface area contributed by atoms with Crippen molar-refractivity contribution in [1.82, 2.24) is 14.7 Å². The van der Waals surface area contributed by atoms with Crippen LogP contribution in [0.2, 0.25) is 5.02 Å². The summed E-state index contributed by atoms with van der Waals surface area (Å²) >= 11 is 6.18. The fraction of sp³-hybridized carbons (Fsp3) is 0.556. The van der Waals surface area contributed by atoms with Gasteiger partial charge in [-0.05, 0) is 18.6 Å². The topological polar surface area (TPSA) is 53.1 Å².